The summed E-state index contributed by atoms with van der Waals surface area (Å²) in [5, 5.41) is 29.4. The van der Waals surface area contributed by atoms with Crippen LogP contribution in [0.4, 0.5) is 5.69 Å². The molecule has 1 fully saturated rings. The van der Waals surface area contributed by atoms with E-state index >= 15 is 0 Å². The molecule has 7 heteroatoms. The Bertz CT molecular complexity index is 546. The van der Waals surface area contributed by atoms with Crippen LogP contribution in [0.2, 0.25) is 0 Å². The molecule has 7 nitrogen and oxygen atoms in total. The van der Waals surface area contributed by atoms with Crippen LogP contribution in [0.15, 0.2) is 18.2 Å². The molecule has 1 atom stereocenters. The van der Waals surface area contributed by atoms with E-state index in [0.29, 0.717) is 18.7 Å². The highest BCUT2D eigenvalue weighted by molar-refractivity contribution is 5.94. The molecule has 1 aliphatic rings. The van der Waals surface area contributed by atoms with Gasteiger partial charge in [-0.25, -0.2) is 4.79 Å². The highest BCUT2D eigenvalue weighted by atomic mass is 16.6. The van der Waals surface area contributed by atoms with Crippen LogP contribution in [0.25, 0.3) is 0 Å². The molecule has 0 aromatic heterocycles. The molecule has 0 spiro atoms. The summed E-state index contributed by atoms with van der Waals surface area (Å²) in [6.07, 6.45) is 1.89. The van der Waals surface area contributed by atoms with Crippen LogP contribution in [-0.4, -0.2) is 45.7 Å². The minimum atomic E-state index is -1.28. The summed E-state index contributed by atoms with van der Waals surface area (Å²) in [6, 6.07) is 4.33. The summed E-state index contributed by atoms with van der Waals surface area (Å²) in [4.78, 5) is 23.7. The third-order valence-electron chi connectivity index (χ3n) is 3.79. The molecule has 1 aliphatic heterocycles. The monoisotopic (exact) mass is 294 g/mol. The van der Waals surface area contributed by atoms with Gasteiger partial charge in [0.25, 0.3) is 5.69 Å². The van der Waals surface area contributed by atoms with Crippen LogP contribution in [0.1, 0.15) is 28.8 Å². The van der Waals surface area contributed by atoms with Crippen LogP contribution in [0.3, 0.4) is 0 Å². The lowest BCUT2D eigenvalue weighted by atomic mass is 9.97. The summed E-state index contributed by atoms with van der Waals surface area (Å²) in [5.41, 5.74) is -0.181. The number of aliphatic hydroxyl groups excluding tert-OH is 1. The van der Waals surface area contributed by atoms with Gasteiger partial charge in [0.2, 0.25) is 0 Å². The number of nitro groups is 1. The highest BCUT2D eigenvalue weighted by Gasteiger charge is 2.26. The Hall–Kier alpha value is -1.99. The topological polar surface area (TPSA) is 104 Å². The number of aromatic carboxylic acids is 1. The Morgan fingerprint density at radius 3 is 2.86 bits per heavy atom. The summed E-state index contributed by atoms with van der Waals surface area (Å²) in [6.45, 7) is 1.94. The summed E-state index contributed by atoms with van der Waals surface area (Å²) in [7, 11) is 0. The van der Waals surface area contributed by atoms with Crippen molar-refractivity contribution >= 4 is 11.7 Å². The number of nitrogens with zero attached hydrogens (tertiary/aromatic N) is 2. The molecule has 114 valence electrons. The second-order valence-corrected chi connectivity index (χ2v) is 5.30. The number of carboxylic acid groups (broad SMARTS) is 1. The van der Waals surface area contributed by atoms with Crippen LogP contribution >= 0.6 is 0 Å². The zero-order valence-corrected chi connectivity index (χ0v) is 11.6. The van der Waals surface area contributed by atoms with Gasteiger partial charge in [0.15, 0.2) is 0 Å². The molecule has 1 aromatic carbocycles. The molecule has 1 aromatic rings. The molecule has 1 saturated heterocycles. The van der Waals surface area contributed by atoms with Crippen molar-refractivity contribution in [2.45, 2.75) is 19.4 Å². The van der Waals surface area contributed by atoms with Gasteiger partial charge in [-0.1, -0.05) is 12.1 Å². The Labute approximate surface area is 122 Å². The molecule has 2 rings (SSSR count). The molecule has 2 N–H and O–H groups in total. The van der Waals surface area contributed by atoms with E-state index in [1.54, 1.807) is 6.07 Å². The lowest BCUT2D eigenvalue weighted by Crippen LogP contribution is -2.36. The molecule has 1 unspecified atom stereocenters. The molecule has 0 amide bonds. The van der Waals surface area contributed by atoms with Crippen molar-refractivity contribution in [3.63, 3.8) is 0 Å². The number of aliphatic hydroxyl groups is 1. The van der Waals surface area contributed by atoms with E-state index in [4.69, 9.17) is 0 Å². The van der Waals surface area contributed by atoms with Gasteiger partial charge in [0.1, 0.15) is 5.56 Å². The van der Waals surface area contributed by atoms with Gasteiger partial charge >= 0.3 is 5.97 Å². The Morgan fingerprint density at radius 2 is 2.24 bits per heavy atom. The van der Waals surface area contributed by atoms with Gasteiger partial charge < -0.3 is 10.2 Å². The third kappa shape index (κ3) is 3.56. The Kier molecular flexibility index (Phi) is 4.87. The Morgan fingerprint density at radius 1 is 1.48 bits per heavy atom. The lowest BCUT2D eigenvalue weighted by molar-refractivity contribution is -0.385. The van der Waals surface area contributed by atoms with Crippen molar-refractivity contribution in [1.29, 1.82) is 0 Å². The number of likely N-dealkylation sites (tertiary alicyclic amines) is 1. The van der Waals surface area contributed by atoms with E-state index in [1.807, 2.05) is 4.90 Å². The minimum Gasteiger partial charge on any atom is -0.477 e. The first-order chi connectivity index (χ1) is 10.0. The zero-order valence-electron chi connectivity index (χ0n) is 11.6. The van der Waals surface area contributed by atoms with Crippen LogP contribution in [0, 0.1) is 16.0 Å². The molecule has 0 radical (unpaired) electrons. The molecule has 0 aliphatic carbocycles. The predicted molar refractivity (Wildman–Crippen MR) is 75.1 cm³/mol. The lowest BCUT2D eigenvalue weighted by Gasteiger charge is -2.32. The number of benzene rings is 1. The first-order valence-electron chi connectivity index (χ1n) is 6.85. The SMILES string of the molecule is O=C(O)c1c(CN2CCCC(CO)C2)cccc1[N+](=O)[O-]. The van der Waals surface area contributed by atoms with E-state index in [1.165, 1.54) is 12.1 Å². The van der Waals surface area contributed by atoms with Gasteiger partial charge in [-0.2, -0.15) is 0 Å². The van der Waals surface area contributed by atoms with E-state index < -0.39 is 10.9 Å². The van der Waals surface area contributed by atoms with E-state index in [0.717, 1.165) is 19.4 Å². The van der Waals surface area contributed by atoms with Crippen LogP contribution < -0.4 is 0 Å². The number of carbonyl (C=O) groups is 1. The summed E-state index contributed by atoms with van der Waals surface area (Å²) < 4.78 is 0. The van der Waals surface area contributed by atoms with E-state index in [9.17, 15) is 25.1 Å². The second kappa shape index (κ2) is 6.64. The molecule has 21 heavy (non-hydrogen) atoms. The fraction of sp³-hybridized carbons (Fsp3) is 0.500. The summed E-state index contributed by atoms with van der Waals surface area (Å²) in [5.74, 6) is -1.10. The van der Waals surface area contributed by atoms with Crippen molar-refractivity contribution < 1.29 is 19.9 Å². The predicted octanol–water partition coefficient (Wildman–Crippen LogP) is 1.50. The number of nitro benzene ring substituents is 1. The van der Waals surface area contributed by atoms with Crippen molar-refractivity contribution in [2.75, 3.05) is 19.7 Å². The van der Waals surface area contributed by atoms with E-state index in [-0.39, 0.29) is 23.8 Å². The van der Waals surface area contributed by atoms with Crippen LogP contribution in [-0.2, 0) is 6.54 Å². The fourth-order valence-electron chi connectivity index (χ4n) is 2.80. The Balaban J connectivity index is 2.25. The van der Waals surface area contributed by atoms with E-state index in [2.05, 4.69) is 0 Å². The first-order valence-corrected chi connectivity index (χ1v) is 6.85. The standard InChI is InChI=1S/C14H18N2O5/c17-9-10-3-2-6-15(7-10)8-11-4-1-5-12(16(20)21)13(11)14(18)19/h1,4-5,10,17H,2-3,6-9H2,(H,18,19). The average molecular weight is 294 g/mol. The zero-order chi connectivity index (χ0) is 15.4. The number of carboxylic acids is 1. The minimum absolute atomic E-state index is 0.108. The number of hydrogen-bond acceptors (Lipinski definition) is 5. The van der Waals surface area contributed by atoms with Crippen molar-refractivity contribution in [2.24, 2.45) is 5.92 Å². The highest BCUT2D eigenvalue weighted by Crippen LogP contribution is 2.25. The van der Waals surface area contributed by atoms with Gasteiger partial charge in [0, 0.05) is 25.8 Å². The quantitative estimate of drug-likeness (QED) is 0.630. The average Bonchev–Trinajstić information content (AvgIpc) is 2.46. The maximum absolute atomic E-state index is 11.3. The van der Waals surface area contributed by atoms with Gasteiger partial charge in [-0.05, 0) is 30.9 Å². The molecule has 0 saturated carbocycles. The molecular formula is C14H18N2O5. The maximum atomic E-state index is 11.3. The van der Waals surface area contributed by atoms with Gasteiger partial charge in [0.05, 0.1) is 4.92 Å². The maximum Gasteiger partial charge on any atom is 0.343 e. The second-order valence-electron chi connectivity index (χ2n) is 5.30. The smallest absolute Gasteiger partial charge is 0.343 e. The number of rotatable bonds is 5. The van der Waals surface area contributed by atoms with Crippen molar-refractivity contribution in [3.8, 4) is 0 Å². The van der Waals surface area contributed by atoms with Crippen molar-refractivity contribution in [3.05, 3.63) is 39.4 Å². The molecule has 1 heterocycles. The largest absolute Gasteiger partial charge is 0.477 e. The number of piperidine rings is 1. The van der Waals surface area contributed by atoms with Gasteiger partial charge in [-0.3, -0.25) is 15.0 Å². The van der Waals surface area contributed by atoms with Gasteiger partial charge in [-0.15, -0.1) is 0 Å². The molecule has 0 bridgehead atoms. The fourth-order valence-corrected chi connectivity index (χ4v) is 2.80. The number of hydrogen-bond donors (Lipinski definition) is 2. The third-order valence-corrected chi connectivity index (χ3v) is 3.79. The molecular weight excluding hydrogens is 276 g/mol. The van der Waals surface area contributed by atoms with Crippen molar-refractivity contribution in [1.82, 2.24) is 4.90 Å². The normalized spacial score (nSPS) is 19.4. The summed E-state index contributed by atoms with van der Waals surface area (Å²) >= 11 is 0. The van der Waals surface area contributed by atoms with Crippen LogP contribution in [0.5, 0.6) is 0 Å². The first kappa shape index (κ1) is 15.4.